The van der Waals surface area contributed by atoms with Crippen LogP contribution in [0.4, 0.5) is 16.0 Å². The average molecular weight is 613 g/mol. The van der Waals surface area contributed by atoms with Gasteiger partial charge in [0.05, 0.1) is 24.5 Å². The Morgan fingerprint density at radius 2 is 1.96 bits per heavy atom. The number of nitriles is 1. The molecule has 2 fully saturated rings. The van der Waals surface area contributed by atoms with Crippen LogP contribution in [-0.2, 0) is 9.53 Å². The Kier molecular flexibility index (Phi) is 9.71. The topological polar surface area (TPSA) is 153 Å². The maximum Gasteiger partial charge on any atom is 0.264 e. The van der Waals surface area contributed by atoms with Crippen LogP contribution >= 0.6 is 0 Å². The molecular formula is C33H37FN8O3. The molecule has 3 aromatic rings. The number of likely N-dealkylation sites (tertiary alicyclic amines) is 1. The van der Waals surface area contributed by atoms with E-state index in [4.69, 9.17) is 20.6 Å². The quantitative estimate of drug-likeness (QED) is 0.172. The highest BCUT2D eigenvalue weighted by Crippen LogP contribution is 2.29. The van der Waals surface area contributed by atoms with Crippen LogP contribution in [0.3, 0.4) is 0 Å². The third kappa shape index (κ3) is 7.28. The minimum absolute atomic E-state index is 0.00399. The van der Waals surface area contributed by atoms with Crippen molar-refractivity contribution in [2.24, 2.45) is 0 Å². The fourth-order valence-corrected chi connectivity index (χ4v) is 5.71. The van der Waals surface area contributed by atoms with Crippen LogP contribution in [0, 0.1) is 22.6 Å². The summed E-state index contributed by atoms with van der Waals surface area (Å²) in [4.78, 5) is 25.8. The summed E-state index contributed by atoms with van der Waals surface area (Å²) in [6.07, 6.45) is 4.51. The summed E-state index contributed by atoms with van der Waals surface area (Å²) >= 11 is 0. The van der Waals surface area contributed by atoms with Crippen LogP contribution in [-0.4, -0.2) is 82.4 Å². The Morgan fingerprint density at radius 3 is 2.67 bits per heavy atom. The molecule has 1 aromatic heterocycles. The molecule has 0 spiro atoms. The highest BCUT2D eigenvalue weighted by atomic mass is 19.1. The summed E-state index contributed by atoms with van der Waals surface area (Å²) in [5.74, 6) is 0.131. The van der Waals surface area contributed by atoms with E-state index >= 15 is 4.39 Å². The molecule has 1 atom stereocenters. The van der Waals surface area contributed by atoms with Gasteiger partial charge in [0.25, 0.3) is 5.91 Å². The number of hydrogen-bond donors (Lipinski definition) is 3. The summed E-state index contributed by atoms with van der Waals surface area (Å²) in [6.45, 7) is 7.47. The van der Waals surface area contributed by atoms with Gasteiger partial charge in [-0.3, -0.25) is 15.1 Å². The molecule has 45 heavy (non-hydrogen) atoms. The number of halogens is 1. The van der Waals surface area contributed by atoms with Gasteiger partial charge < -0.3 is 25.4 Å². The number of anilines is 2. The molecule has 1 amide bonds. The number of rotatable bonds is 10. The van der Waals surface area contributed by atoms with Gasteiger partial charge in [-0.25, -0.2) is 14.4 Å². The predicted molar refractivity (Wildman–Crippen MR) is 169 cm³/mol. The number of para-hydroxylation sites is 1. The minimum Gasteiger partial charge on any atom is -0.457 e. The molecular weight excluding hydrogens is 575 g/mol. The zero-order valence-corrected chi connectivity index (χ0v) is 25.4. The zero-order chi connectivity index (χ0) is 32.0. The number of morpholine rings is 1. The Hall–Kier alpha value is -4.86. The number of hydrogen-bond acceptors (Lipinski definition) is 10. The van der Waals surface area contributed by atoms with Crippen LogP contribution in [0.5, 0.6) is 11.5 Å². The second-order valence-corrected chi connectivity index (χ2v) is 11.5. The van der Waals surface area contributed by atoms with Crippen molar-refractivity contribution in [2.45, 2.75) is 38.3 Å². The van der Waals surface area contributed by atoms with Crippen molar-refractivity contribution in [3.63, 3.8) is 0 Å². The van der Waals surface area contributed by atoms with E-state index in [1.165, 1.54) is 18.5 Å². The molecule has 0 unspecified atom stereocenters. The number of nitrogens with one attached hydrogen (secondary N) is 2. The molecule has 12 heteroatoms. The van der Waals surface area contributed by atoms with Gasteiger partial charge in [0.1, 0.15) is 46.9 Å². The largest absolute Gasteiger partial charge is 0.457 e. The lowest BCUT2D eigenvalue weighted by Crippen LogP contribution is -2.49. The highest BCUT2D eigenvalue weighted by Gasteiger charge is 2.34. The second kappa shape index (κ2) is 13.8. The lowest BCUT2D eigenvalue weighted by atomic mass is 9.97. The Labute approximate surface area is 262 Å². The molecule has 2 aliphatic rings. The first-order chi connectivity index (χ1) is 21.7. The van der Waals surface area contributed by atoms with Gasteiger partial charge in [-0.2, -0.15) is 5.26 Å². The third-order valence-corrected chi connectivity index (χ3v) is 8.13. The van der Waals surface area contributed by atoms with Gasteiger partial charge in [-0.05, 0) is 57.0 Å². The van der Waals surface area contributed by atoms with E-state index in [1.807, 2.05) is 32.0 Å². The van der Waals surface area contributed by atoms with Crippen molar-refractivity contribution >= 4 is 23.3 Å². The summed E-state index contributed by atoms with van der Waals surface area (Å²) in [6, 6.07) is 15.1. The van der Waals surface area contributed by atoms with Crippen LogP contribution in [0.1, 0.15) is 37.8 Å². The van der Waals surface area contributed by atoms with Crippen molar-refractivity contribution in [1.82, 2.24) is 19.8 Å². The van der Waals surface area contributed by atoms with Gasteiger partial charge in [-0.1, -0.05) is 18.2 Å². The Bertz CT molecular complexity index is 1620. The molecule has 2 saturated heterocycles. The first-order valence-electron chi connectivity index (χ1n) is 14.9. The second-order valence-electron chi connectivity index (χ2n) is 11.5. The summed E-state index contributed by atoms with van der Waals surface area (Å²) < 4.78 is 26.4. The number of aromatic nitrogens is 2. The lowest BCUT2D eigenvalue weighted by molar-refractivity contribution is -0.127. The fraction of sp³-hybridized carbons (Fsp3) is 0.364. The number of nitrogens with two attached hydrogens (primary N) is 1. The fourth-order valence-electron chi connectivity index (χ4n) is 5.71. The van der Waals surface area contributed by atoms with E-state index in [9.17, 15) is 10.1 Å². The van der Waals surface area contributed by atoms with E-state index in [0.717, 1.165) is 25.9 Å². The molecule has 0 aliphatic carbocycles. The van der Waals surface area contributed by atoms with Gasteiger partial charge in [-0.15, -0.1) is 0 Å². The van der Waals surface area contributed by atoms with Crippen LogP contribution < -0.4 is 15.8 Å². The van der Waals surface area contributed by atoms with Gasteiger partial charge in [0, 0.05) is 49.4 Å². The van der Waals surface area contributed by atoms with Gasteiger partial charge in [0.15, 0.2) is 0 Å². The SMILES string of the molecule is CC(C)(/C=C(/C#N)C(=O)N1CCC[C@H]1CNc1ncnc(N)c1C(=N)c1ccc(Oc2ccccc2)cc1F)N1CCOCC1. The number of ether oxygens (including phenoxy) is 2. The normalized spacial score (nSPS) is 17.5. The molecule has 0 bridgehead atoms. The molecule has 2 aliphatic heterocycles. The number of carbonyl (C=O) groups is 1. The first-order valence-corrected chi connectivity index (χ1v) is 14.9. The van der Waals surface area contributed by atoms with E-state index in [-0.39, 0.29) is 51.7 Å². The van der Waals surface area contributed by atoms with E-state index < -0.39 is 11.4 Å². The number of benzene rings is 2. The third-order valence-electron chi connectivity index (χ3n) is 8.13. The summed E-state index contributed by atoms with van der Waals surface area (Å²) in [5.41, 5.74) is 5.74. The van der Waals surface area contributed by atoms with Gasteiger partial charge in [0.2, 0.25) is 0 Å². The van der Waals surface area contributed by atoms with Crippen LogP contribution in [0.2, 0.25) is 0 Å². The highest BCUT2D eigenvalue weighted by molar-refractivity contribution is 6.16. The van der Waals surface area contributed by atoms with Crippen LogP contribution in [0.25, 0.3) is 0 Å². The van der Waals surface area contributed by atoms with E-state index in [0.29, 0.717) is 32.1 Å². The first kappa shape index (κ1) is 31.6. The van der Waals surface area contributed by atoms with E-state index in [2.05, 4.69) is 26.3 Å². The molecule has 234 valence electrons. The molecule has 4 N–H and O–H groups in total. The Morgan fingerprint density at radius 1 is 1.20 bits per heavy atom. The van der Waals surface area contributed by atoms with E-state index in [1.54, 1.807) is 29.2 Å². The number of nitrogen functional groups attached to an aromatic ring is 1. The zero-order valence-electron chi connectivity index (χ0n) is 25.4. The predicted octanol–water partition coefficient (Wildman–Crippen LogP) is 4.37. The summed E-state index contributed by atoms with van der Waals surface area (Å²) in [5, 5.41) is 22.0. The number of carbonyl (C=O) groups excluding carboxylic acids is 1. The van der Waals surface area contributed by atoms with Crippen molar-refractivity contribution in [3.8, 4) is 17.6 Å². The molecule has 5 rings (SSSR count). The summed E-state index contributed by atoms with van der Waals surface area (Å²) in [7, 11) is 0. The molecule has 0 radical (unpaired) electrons. The molecule has 2 aromatic carbocycles. The smallest absolute Gasteiger partial charge is 0.264 e. The maximum atomic E-state index is 15.3. The average Bonchev–Trinajstić information content (AvgIpc) is 3.52. The van der Waals surface area contributed by atoms with Crippen molar-refractivity contribution in [2.75, 3.05) is 50.4 Å². The van der Waals surface area contributed by atoms with Crippen molar-refractivity contribution < 1.29 is 18.7 Å². The number of amides is 1. The monoisotopic (exact) mass is 612 g/mol. The molecule has 3 heterocycles. The Balaban J connectivity index is 1.30. The number of nitrogens with zero attached hydrogens (tertiary/aromatic N) is 5. The lowest BCUT2D eigenvalue weighted by Gasteiger charge is -2.39. The maximum absolute atomic E-state index is 15.3. The van der Waals surface area contributed by atoms with Crippen molar-refractivity contribution in [1.29, 1.82) is 10.7 Å². The standard InChI is InChI=1S/C33H37FN8O3/c1-33(2,41-13-15-44-16-14-41)18-22(19-35)32(43)42-12-6-7-23(42)20-38-31-28(30(37)39-21-40-31)29(36)26-11-10-25(17-27(26)34)45-24-8-4-3-5-9-24/h3-5,8-11,17-18,21,23,36H,6-7,12-16,20H2,1-2H3,(H3,37,38,39,40)/b22-18-,36-29?/t23-/m0/s1. The minimum atomic E-state index is -0.661. The van der Waals surface area contributed by atoms with Crippen LogP contribution in [0.15, 0.2) is 66.5 Å². The molecule has 0 saturated carbocycles. The molecule has 11 nitrogen and oxygen atoms in total. The van der Waals surface area contributed by atoms with Gasteiger partial charge >= 0.3 is 0 Å². The van der Waals surface area contributed by atoms with Crippen molar-refractivity contribution in [3.05, 3.63) is 83.5 Å².